The van der Waals surface area contributed by atoms with Crippen LogP contribution in [0.5, 0.6) is 0 Å². The number of nitrogens with one attached hydrogen (secondary N) is 1. The smallest absolute Gasteiger partial charge is 0.262 e. The van der Waals surface area contributed by atoms with Crippen LogP contribution in [-0.4, -0.2) is 32.9 Å². The molecule has 4 N–H and O–H groups in total. The van der Waals surface area contributed by atoms with Crippen LogP contribution in [0.4, 0.5) is 5.69 Å². The van der Waals surface area contributed by atoms with E-state index in [0.717, 1.165) is 11.1 Å². The lowest BCUT2D eigenvalue weighted by atomic mass is 10.2. The number of hydrogen-bond donors (Lipinski definition) is 3. The molecule has 0 atom stereocenters. The lowest BCUT2D eigenvalue weighted by Gasteiger charge is -2.25. The van der Waals surface area contributed by atoms with Crippen LogP contribution in [0.3, 0.4) is 0 Å². The molecular formula is C24H22Cl3N3O3S2. The highest BCUT2D eigenvalue weighted by atomic mass is 35.5. The van der Waals surface area contributed by atoms with E-state index < -0.39 is 11.1 Å². The average molecular weight is 571 g/mol. The second-order valence-corrected chi connectivity index (χ2v) is 8.92. The van der Waals surface area contributed by atoms with Crippen molar-refractivity contribution in [1.29, 1.82) is 0 Å². The molecule has 11 heteroatoms. The van der Waals surface area contributed by atoms with Gasteiger partial charge in [-0.1, -0.05) is 95.5 Å². The van der Waals surface area contributed by atoms with Gasteiger partial charge in [-0.2, -0.15) is 0 Å². The summed E-state index contributed by atoms with van der Waals surface area (Å²) in [6, 6.07) is 23.0. The van der Waals surface area contributed by atoms with Gasteiger partial charge in [0.2, 0.25) is 0 Å². The summed E-state index contributed by atoms with van der Waals surface area (Å²) in [6.07, 6.45) is 0. The first-order valence-corrected chi connectivity index (χ1v) is 12.0. The van der Waals surface area contributed by atoms with Crippen molar-refractivity contribution in [3.05, 3.63) is 99.0 Å². The number of thiocarbonyl (C=S) groups is 2. The molecule has 0 aliphatic carbocycles. The third-order valence-corrected chi connectivity index (χ3v) is 6.00. The van der Waals surface area contributed by atoms with Gasteiger partial charge in [0.1, 0.15) is 0 Å². The number of carbonyl (C=O) groups is 1. The topological polar surface area (TPSA) is 87.8 Å². The van der Waals surface area contributed by atoms with Crippen LogP contribution in [0, 0.1) is 0 Å². The molecule has 6 nitrogen and oxygen atoms in total. The molecule has 0 aliphatic rings. The van der Waals surface area contributed by atoms with E-state index in [1.807, 2.05) is 65.6 Å². The lowest BCUT2D eigenvalue weighted by molar-refractivity contribution is -0.118. The molecule has 0 radical (unpaired) electrons. The van der Waals surface area contributed by atoms with Crippen molar-refractivity contribution in [3.63, 3.8) is 0 Å². The second kappa shape index (κ2) is 14.7. The highest BCUT2D eigenvalue weighted by Crippen LogP contribution is 2.35. The maximum atomic E-state index is 12.4. The summed E-state index contributed by atoms with van der Waals surface area (Å²) in [4.78, 5) is 14.3. The molecule has 0 spiro atoms. The number of anilines is 1. The molecule has 0 fully saturated rings. The minimum atomic E-state index is -0.500. The molecule has 1 amide bonds. The molecule has 35 heavy (non-hydrogen) atoms. The highest BCUT2D eigenvalue weighted by molar-refractivity contribution is 7.80. The molecule has 0 heterocycles. The average Bonchev–Trinajstić information content (AvgIpc) is 2.83. The van der Waals surface area contributed by atoms with Crippen molar-refractivity contribution in [2.24, 2.45) is 5.73 Å². The Hall–Kier alpha value is -2.62. The van der Waals surface area contributed by atoms with Gasteiger partial charge in [0.15, 0.2) is 6.61 Å². The van der Waals surface area contributed by atoms with Gasteiger partial charge >= 0.3 is 0 Å². The number of amides is 1. The van der Waals surface area contributed by atoms with Gasteiger partial charge in [-0.3, -0.25) is 4.79 Å². The first-order valence-electron chi connectivity index (χ1n) is 10.1. The molecule has 0 saturated heterocycles. The molecule has 3 rings (SSSR count). The van der Waals surface area contributed by atoms with Crippen LogP contribution in [0.2, 0.25) is 15.1 Å². The van der Waals surface area contributed by atoms with Gasteiger partial charge in [0.05, 0.1) is 20.8 Å². The molecule has 3 aromatic carbocycles. The normalized spacial score (nSPS) is 9.91. The summed E-state index contributed by atoms with van der Waals surface area (Å²) in [5.41, 5.74) is 6.91. The quantitative estimate of drug-likeness (QED) is 0.224. The Morgan fingerprint density at radius 1 is 0.886 bits per heavy atom. The largest absolute Gasteiger partial charge is 0.487 e. The standard InChI is InChI=1S/C23H19Cl3N2O2S.CH3NOS/c24-18-11-12-19(22(26)21(18)25)27-20(29)15-30-23(31)28(13-16-7-3-1-4-8-16)14-17-9-5-2-6-10-17;2-1(3)4/h1-12H,13-15H2,(H,27,29);(H3,2,3,4). The van der Waals surface area contributed by atoms with Gasteiger partial charge in [0, 0.05) is 13.1 Å². The SMILES string of the molecule is NC(O)=S.O=C(COC(=S)N(Cc1ccccc1)Cc1ccccc1)Nc1ccc(Cl)c(Cl)c1Cl. The summed E-state index contributed by atoms with van der Waals surface area (Å²) in [5, 5.41) is 10.6. The van der Waals surface area contributed by atoms with Crippen molar-refractivity contribution < 1.29 is 14.6 Å². The van der Waals surface area contributed by atoms with Gasteiger partial charge in [0.25, 0.3) is 16.3 Å². The van der Waals surface area contributed by atoms with Gasteiger partial charge in [-0.25, -0.2) is 0 Å². The van der Waals surface area contributed by atoms with E-state index in [2.05, 4.69) is 23.3 Å². The summed E-state index contributed by atoms with van der Waals surface area (Å²) in [5.74, 6) is -0.415. The van der Waals surface area contributed by atoms with Crippen molar-refractivity contribution >= 4 is 81.2 Å². The summed E-state index contributed by atoms with van der Waals surface area (Å²) in [6.45, 7) is 0.832. The van der Waals surface area contributed by atoms with E-state index in [4.69, 9.17) is 56.9 Å². The first kappa shape index (κ1) is 28.6. The van der Waals surface area contributed by atoms with Crippen molar-refractivity contribution in [1.82, 2.24) is 4.90 Å². The molecule has 184 valence electrons. The van der Waals surface area contributed by atoms with E-state index in [9.17, 15) is 4.79 Å². The van der Waals surface area contributed by atoms with Crippen molar-refractivity contribution in [3.8, 4) is 0 Å². The monoisotopic (exact) mass is 569 g/mol. The number of aliphatic hydroxyl groups is 1. The Bertz CT molecular complexity index is 1110. The Balaban J connectivity index is 0.00000100. The lowest BCUT2D eigenvalue weighted by Crippen LogP contribution is -2.33. The maximum absolute atomic E-state index is 12.4. The summed E-state index contributed by atoms with van der Waals surface area (Å²) >= 11 is 27.4. The molecule has 0 aliphatic heterocycles. The molecule has 3 aromatic rings. The minimum absolute atomic E-state index is 0.167. The Morgan fingerprint density at radius 2 is 1.37 bits per heavy atom. The van der Waals surface area contributed by atoms with E-state index in [-0.39, 0.29) is 21.8 Å². The molecule has 0 aromatic heterocycles. The zero-order chi connectivity index (χ0) is 25.8. The molecular weight excluding hydrogens is 549 g/mol. The maximum Gasteiger partial charge on any atom is 0.262 e. The summed E-state index contributed by atoms with van der Waals surface area (Å²) < 4.78 is 5.62. The van der Waals surface area contributed by atoms with Crippen LogP contribution < -0.4 is 11.1 Å². The van der Waals surface area contributed by atoms with Crippen LogP contribution >= 0.6 is 59.2 Å². The number of rotatable bonds is 7. The zero-order valence-corrected chi connectivity index (χ0v) is 22.2. The number of halogens is 3. The third kappa shape index (κ3) is 10.3. The third-order valence-electron chi connectivity index (χ3n) is 4.33. The van der Waals surface area contributed by atoms with Crippen LogP contribution in [-0.2, 0) is 22.6 Å². The van der Waals surface area contributed by atoms with Crippen molar-refractivity contribution in [2.45, 2.75) is 13.1 Å². The minimum Gasteiger partial charge on any atom is -0.487 e. The Morgan fingerprint density at radius 3 is 1.86 bits per heavy atom. The number of aliphatic hydroxyl groups excluding tert-OH is 1. The second-order valence-electron chi connectivity index (χ2n) is 6.99. The van der Waals surface area contributed by atoms with Gasteiger partial charge in [-0.05, 0) is 47.7 Å². The van der Waals surface area contributed by atoms with Crippen LogP contribution in [0.25, 0.3) is 0 Å². The van der Waals surface area contributed by atoms with Crippen LogP contribution in [0.1, 0.15) is 11.1 Å². The number of nitrogens with zero attached hydrogens (tertiary/aromatic N) is 1. The fourth-order valence-corrected chi connectivity index (χ4v) is 3.59. The molecule has 0 bridgehead atoms. The number of ether oxygens (including phenoxy) is 1. The van der Waals surface area contributed by atoms with E-state index in [1.54, 1.807) is 12.1 Å². The van der Waals surface area contributed by atoms with Gasteiger partial charge in [-0.15, -0.1) is 0 Å². The number of hydrogen-bond acceptors (Lipinski definition) is 4. The van der Waals surface area contributed by atoms with E-state index >= 15 is 0 Å². The predicted octanol–water partition coefficient (Wildman–Crippen LogP) is 6.38. The number of benzene rings is 3. The number of carbonyl (C=O) groups excluding carboxylic acids is 1. The zero-order valence-electron chi connectivity index (χ0n) is 18.3. The van der Waals surface area contributed by atoms with E-state index in [0.29, 0.717) is 23.8 Å². The Labute approximate surface area is 229 Å². The number of nitrogens with two attached hydrogens (primary N) is 1. The fourth-order valence-electron chi connectivity index (χ4n) is 2.82. The van der Waals surface area contributed by atoms with E-state index in [1.165, 1.54) is 0 Å². The fraction of sp³-hybridized carbons (Fsp3) is 0.125. The highest BCUT2D eigenvalue weighted by Gasteiger charge is 2.16. The molecule has 0 unspecified atom stereocenters. The van der Waals surface area contributed by atoms with Gasteiger partial charge < -0.3 is 25.8 Å². The first-order chi connectivity index (χ1) is 16.7. The predicted molar refractivity (Wildman–Crippen MR) is 150 cm³/mol. The van der Waals surface area contributed by atoms with Crippen molar-refractivity contribution in [2.75, 3.05) is 11.9 Å². The van der Waals surface area contributed by atoms with Crippen LogP contribution in [0.15, 0.2) is 72.8 Å². The molecule has 0 saturated carbocycles. The Kier molecular flexibility index (Phi) is 12.0. The summed E-state index contributed by atoms with van der Waals surface area (Å²) in [7, 11) is 0.